The van der Waals surface area contributed by atoms with E-state index in [4.69, 9.17) is 9.97 Å². The molecule has 7 aromatic carbocycles. The van der Waals surface area contributed by atoms with Gasteiger partial charge in [0.25, 0.3) is 0 Å². The Morgan fingerprint density at radius 2 is 0.939 bits per heavy atom. The summed E-state index contributed by atoms with van der Waals surface area (Å²) in [5, 5.41) is 1.05. The first-order valence-corrected chi connectivity index (χ1v) is 16.8. The molecule has 2 aliphatic rings. The van der Waals surface area contributed by atoms with Crippen molar-refractivity contribution < 1.29 is 0 Å². The average molecular weight is 623 g/mol. The van der Waals surface area contributed by atoms with Crippen molar-refractivity contribution in [1.82, 2.24) is 9.97 Å². The van der Waals surface area contributed by atoms with Crippen molar-refractivity contribution in [2.45, 2.75) is 5.41 Å². The highest BCUT2D eigenvalue weighted by molar-refractivity contribution is 5.95. The van der Waals surface area contributed by atoms with Gasteiger partial charge in [0.2, 0.25) is 0 Å². The van der Waals surface area contributed by atoms with Crippen LogP contribution in [-0.4, -0.2) is 9.97 Å². The highest BCUT2D eigenvalue weighted by Gasteiger charge is 2.48. The minimum Gasteiger partial charge on any atom is -0.228 e. The fourth-order valence-corrected chi connectivity index (χ4v) is 8.16. The molecule has 0 fully saturated rings. The quantitative estimate of drug-likeness (QED) is 0.196. The van der Waals surface area contributed by atoms with Crippen molar-refractivity contribution in [3.63, 3.8) is 0 Å². The lowest BCUT2D eigenvalue weighted by atomic mass is 9.65. The maximum atomic E-state index is 5.11. The van der Waals surface area contributed by atoms with Gasteiger partial charge in [-0.15, -0.1) is 0 Å². The summed E-state index contributed by atoms with van der Waals surface area (Å²) < 4.78 is 0. The van der Waals surface area contributed by atoms with Crippen LogP contribution in [0.25, 0.3) is 68.0 Å². The summed E-state index contributed by atoms with van der Waals surface area (Å²) in [5.41, 5.74) is 16.3. The predicted octanol–water partition coefficient (Wildman–Crippen LogP) is 11.5. The van der Waals surface area contributed by atoms with E-state index in [0.717, 1.165) is 33.5 Å². The van der Waals surface area contributed by atoms with Gasteiger partial charge in [0.1, 0.15) is 0 Å². The zero-order chi connectivity index (χ0) is 32.4. The van der Waals surface area contributed by atoms with Gasteiger partial charge >= 0.3 is 0 Å². The van der Waals surface area contributed by atoms with Crippen LogP contribution in [-0.2, 0) is 5.41 Å². The number of hydrogen-bond donors (Lipinski definition) is 0. The Balaban J connectivity index is 1.15. The summed E-state index contributed by atoms with van der Waals surface area (Å²) in [6.45, 7) is 0. The molecular formula is C47H30N2. The standard InChI is InChI=1S/C47H30N2/c1-2-13-35(14-3-1)46-48-44-21-11-7-17-39(44)45(49-46)34-27-22-31(23-28-34)36-29-26-33-25-24-32-12-4-8-18-40(32)47(43(33)30-36)41-19-9-5-15-37(41)38-16-6-10-20-42(38)47/h1-30H. The molecule has 2 aliphatic carbocycles. The van der Waals surface area contributed by atoms with Gasteiger partial charge < -0.3 is 0 Å². The van der Waals surface area contributed by atoms with Gasteiger partial charge in [0, 0.05) is 16.5 Å². The van der Waals surface area contributed by atoms with Crippen LogP contribution in [0.1, 0.15) is 33.4 Å². The molecule has 10 rings (SSSR count). The SMILES string of the molecule is C1=Cc2ccc(-c3ccc(-c4nc(-c5ccccc5)nc5ccccc45)cc3)cc2C2(c3ccccc31)c1ccccc1-c1ccccc12. The van der Waals surface area contributed by atoms with E-state index in [1.54, 1.807) is 0 Å². The zero-order valence-electron chi connectivity index (χ0n) is 26.7. The normalized spacial score (nSPS) is 13.4. The number of benzene rings is 7. The van der Waals surface area contributed by atoms with Crippen LogP contribution in [0.4, 0.5) is 0 Å². The highest BCUT2D eigenvalue weighted by Crippen LogP contribution is 2.58. The molecule has 0 saturated heterocycles. The van der Waals surface area contributed by atoms with Crippen LogP contribution in [0.5, 0.6) is 0 Å². The number of para-hydroxylation sites is 1. The van der Waals surface area contributed by atoms with Crippen molar-refractivity contribution in [2.24, 2.45) is 0 Å². The second-order valence-electron chi connectivity index (χ2n) is 12.9. The second kappa shape index (κ2) is 10.8. The van der Waals surface area contributed by atoms with E-state index in [1.165, 1.54) is 55.6 Å². The van der Waals surface area contributed by atoms with Gasteiger partial charge in [-0.05, 0) is 67.8 Å². The average Bonchev–Trinajstić information content (AvgIpc) is 3.39. The number of fused-ring (bicyclic) bond motifs is 10. The maximum absolute atomic E-state index is 5.11. The minimum absolute atomic E-state index is 0.438. The number of nitrogens with zero attached hydrogens (tertiary/aromatic N) is 2. The summed E-state index contributed by atoms with van der Waals surface area (Å²) in [5.74, 6) is 0.736. The van der Waals surface area contributed by atoms with E-state index in [-0.39, 0.29) is 0 Å². The van der Waals surface area contributed by atoms with E-state index in [1.807, 2.05) is 24.3 Å². The van der Waals surface area contributed by atoms with E-state index >= 15 is 0 Å². The van der Waals surface area contributed by atoms with Crippen LogP contribution in [0.15, 0.2) is 170 Å². The number of hydrogen-bond acceptors (Lipinski definition) is 2. The molecule has 0 bridgehead atoms. The third-order valence-corrected chi connectivity index (χ3v) is 10.3. The summed E-state index contributed by atoms with van der Waals surface area (Å²) >= 11 is 0. The molecule has 49 heavy (non-hydrogen) atoms. The van der Waals surface area contributed by atoms with E-state index in [9.17, 15) is 0 Å². The first-order valence-electron chi connectivity index (χ1n) is 16.8. The van der Waals surface area contributed by atoms with Crippen LogP contribution in [0, 0.1) is 0 Å². The summed E-state index contributed by atoms with van der Waals surface area (Å²) in [4.78, 5) is 10.0. The third-order valence-electron chi connectivity index (χ3n) is 10.3. The lowest BCUT2D eigenvalue weighted by Gasteiger charge is -2.35. The first kappa shape index (κ1) is 27.7. The molecule has 1 heterocycles. The molecule has 8 aromatic rings. The molecule has 0 radical (unpaired) electrons. The molecule has 0 unspecified atom stereocenters. The van der Waals surface area contributed by atoms with Gasteiger partial charge in [0.15, 0.2) is 5.82 Å². The van der Waals surface area contributed by atoms with E-state index in [0.29, 0.717) is 0 Å². The van der Waals surface area contributed by atoms with Crippen molar-refractivity contribution >= 4 is 23.1 Å². The molecule has 0 saturated carbocycles. The highest BCUT2D eigenvalue weighted by atomic mass is 14.9. The van der Waals surface area contributed by atoms with E-state index in [2.05, 4.69) is 158 Å². The van der Waals surface area contributed by atoms with Crippen molar-refractivity contribution in [3.05, 3.63) is 203 Å². The molecule has 0 aliphatic heterocycles. The monoisotopic (exact) mass is 622 g/mol. The van der Waals surface area contributed by atoms with Crippen LogP contribution < -0.4 is 0 Å². The van der Waals surface area contributed by atoms with E-state index < -0.39 is 5.41 Å². The molecular weight excluding hydrogens is 593 g/mol. The molecule has 2 nitrogen and oxygen atoms in total. The molecule has 1 spiro atoms. The summed E-state index contributed by atoms with van der Waals surface area (Å²) in [6.07, 6.45) is 4.58. The molecule has 0 atom stereocenters. The fourth-order valence-electron chi connectivity index (χ4n) is 8.16. The van der Waals surface area contributed by atoms with Crippen molar-refractivity contribution in [2.75, 3.05) is 0 Å². The van der Waals surface area contributed by atoms with Crippen LogP contribution >= 0.6 is 0 Å². The molecule has 2 heteroatoms. The zero-order valence-corrected chi connectivity index (χ0v) is 26.7. The molecule has 1 aromatic heterocycles. The second-order valence-corrected chi connectivity index (χ2v) is 12.9. The van der Waals surface area contributed by atoms with Gasteiger partial charge in [0.05, 0.1) is 16.6 Å². The summed E-state index contributed by atoms with van der Waals surface area (Å²) in [7, 11) is 0. The Kier molecular flexibility index (Phi) is 6.13. The Bertz CT molecular complexity index is 2550. The van der Waals surface area contributed by atoms with Crippen LogP contribution in [0.2, 0.25) is 0 Å². The Morgan fingerprint density at radius 1 is 0.367 bits per heavy atom. The van der Waals surface area contributed by atoms with Crippen LogP contribution in [0.3, 0.4) is 0 Å². The largest absolute Gasteiger partial charge is 0.228 e. The topological polar surface area (TPSA) is 25.8 Å². The Hall–Kier alpha value is -6.38. The smallest absolute Gasteiger partial charge is 0.160 e. The number of rotatable bonds is 3. The maximum Gasteiger partial charge on any atom is 0.160 e. The first-order chi connectivity index (χ1) is 24.3. The lowest BCUT2D eigenvalue weighted by Crippen LogP contribution is -2.30. The summed E-state index contributed by atoms with van der Waals surface area (Å²) in [6, 6.07) is 61.2. The minimum atomic E-state index is -0.438. The number of aromatic nitrogens is 2. The van der Waals surface area contributed by atoms with Crippen molar-refractivity contribution in [1.29, 1.82) is 0 Å². The van der Waals surface area contributed by atoms with Gasteiger partial charge in [-0.1, -0.05) is 170 Å². The Labute approximate surface area is 285 Å². The van der Waals surface area contributed by atoms with Crippen molar-refractivity contribution in [3.8, 4) is 44.9 Å². The Morgan fingerprint density at radius 3 is 1.69 bits per heavy atom. The third kappa shape index (κ3) is 4.14. The fraction of sp³-hybridized carbons (Fsp3) is 0.0213. The van der Waals surface area contributed by atoms with Gasteiger partial charge in [-0.25, -0.2) is 9.97 Å². The van der Waals surface area contributed by atoms with Gasteiger partial charge in [-0.3, -0.25) is 0 Å². The predicted molar refractivity (Wildman–Crippen MR) is 202 cm³/mol. The molecule has 0 amide bonds. The molecule has 0 N–H and O–H groups in total. The van der Waals surface area contributed by atoms with Gasteiger partial charge in [-0.2, -0.15) is 0 Å². The molecule has 228 valence electrons. The lowest BCUT2D eigenvalue weighted by molar-refractivity contribution is 0.766.